The second kappa shape index (κ2) is 11.7. The van der Waals surface area contributed by atoms with Gasteiger partial charge in [-0.2, -0.15) is 0 Å². The first-order chi connectivity index (χ1) is 18.1. The van der Waals surface area contributed by atoms with Crippen molar-refractivity contribution in [1.29, 1.82) is 0 Å². The van der Waals surface area contributed by atoms with Crippen molar-refractivity contribution >= 4 is 17.9 Å². The average molecular weight is 538 g/mol. The normalized spacial score (nSPS) is 15.2. The third-order valence-electron chi connectivity index (χ3n) is 6.53. The lowest BCUT2D eigenvalue weighted by Crippen LogP contribution is -2.56. The van der Waals surface area contributed by atoms with E-state index in [2.05, 4.69) is 10.6 Å². The van der Waals surface area contributed by atoms with Crippen LogP contribution in [0.3, 0.4) is 0 Å². The Labute approximate surface area is 232 Å². The number of amides is 3. The lowest BCUT2D eigenvalue weighted by atomic mass is 9.93. The molecule has 0 heterocycles. The summed E-state index contributed by atoms with van der Waals surface area (Å²) in [7, 11) is 0. The van der Waals surface area contributed by atoms with E-state index >= 15 is 0 Å². The molecule has 1 aliphatic carbocycles. The molecule has 2 aromatic rings. The van der Waals surface area contributed by atoms with Crippen molar-refractivity contribution in [3.8, 4) is 5.75 Å². The molecular weight excluding hydrogens is 494 g/mol. The molecule has 3 amide bonds. The maximum atomic E-state index is 14.4. The van der Waals surface area contributed by atoms with Gasteiger partial charge in [0.1, 0.15) is 23.4 Å². The molecule has 3 rings (SSSR count). The molecule has 8 heteroatoms. The summed E-state index contributed by atoms with van der Waals surface area (Å²) in [6, 6.07) is 10.3. The average Bonchev–Trinajstić information content (AvgIpc) is 3.63. The summed E-state index contributed by atoms with van der Waals surface area (Å²) < 4.78 is 5.48. The van der Waals surface area contributed by atoms with Gasteiger partial charge in [0, 0.05) is 18.0 Å². The molecule has 1 saturated carbocycles. The van der Waals surface area contributed by atoms with Gasteiger partial charge in [0.15, 0.2) is 0 Å². The standard InChI is InChI=1S/C31H43N3O5/c1-19-10-9-11-24(20(19)2)26(27(36)33-30(3,4)5)34(22-14-15-22)28(37)25(32-29(38)39-31(6,7)8)18-21-12-16-23(35)17-13-21/h9-13,16-17,22,25-26,35H,14-15,18H2,1-8H3,(H,32,38)(H,33,36). The zero-order valence-corrected chi connectivity index (χ0v) is 24.4. The number of phenols is 1. The highest BCUT2D eigenvalue weighted by Crippen LogP contribution is 2.37. The van der Waals surface area contributed by atoms with Crippen LogP contribution in [0.15, 0.2) is 42.5 Å². The number of carbonyl (C=O) groups excluding carboxylic acids is 3. The Bertz CT molecular complexity index is 1190. The summed E-state index contributed by atoms with van der Waals surface area (Å²) in [5.41, 5.74) is 2.22. The largest absolute Gasteiger partial charge is 0.508 e. The van der Waals surface area contributed by atoms with E-state index in [0.717, 1.165) is 35.1 Å². The number of nitrogens with one attached hydrogen (secondary N) is 2. The Morgan fingerprint density at radius 1 is 1.00 bits per heavy atom. The van der Waals surface area contributed by atoms with Crippen LogP contribution in [0.4, 0.5) is 4.79 Å². The molecule has 1 aliphatic rings. The van der Waals surface area contributed by atoms with Crippen LogP contribution in [0.2, 0.25) is 0 Å². The van der Waals surface area contributed by atoms with Crippen LogP contribution in [-0.2, 0) is 20.7 Å². The summed E-state index contributed by atoms with van der Waals surface area (Å²) in [6.07, 6.45) is 1.00. The predicted octanol–water partition coefficient (Wildman–Crippen LogP) is 5.09. The summed E-state index contributed by atoms with van der Waals surface area (Å²) in [4.78, 5) is 42.8. The second-order valence-electron chi connectivity index (χ2n) is 12.5. The van der Waals surface area contributed by atoms with Crippen LogP contribution in [0, 0.1) is 13.8 Å². The van der Waals surface area contributed by atoms with E-state index in [4.69, 9.17) is 4.74 Å². The zero-order valence-electron chi connectivity index (χ0n) is 24.4. The van der Waals surface area contributed by atoms with Crippen molar-refractivity contribution in [2.75, 3.05) is 0 Å². The van der Waals surface area contributed by atoms with E-state index in [1.807, 2.05) is 52.8 Å². The van der Waals surface area contributed by atoms with Crippen LogP contribution in [-0.4, -0.2) is 51.1 Å². The molecule has 3 N–H and O–H groups in total. The zero-order chi connectivity index (χ0) is 29.1. The second-order valence-corrected chi connectivity index (χ2v) is 12.5. The van der Waals surface area contributed by atoms with Gasteiger partial charge in [0.05, 0.1) is 0 Å². The Morgan fingerprint density at radius 2 is 1.62 bits per heavy atom. The topological polar surface area (TPSA) is 108 Å². The molecule has 212 valence electrons. The fourth-order valence-electron chi connectivity index (χ4n) is 4.49. The number of phenolic OH excluding ortho intramolecular Hbond substituents is 1. The van der Waals surface area contributed by atoms with E-state index in [0.29, 0.717) is 0 Å². The SMILES string of the molecule is Cc1cccc(C(C(=O)NC(C)(C)C)N(C(=O)C(Cc2ccc(O)cc2)NC(=O)OC(C)(C)C)C2CC2)c1C. The summed E-state index contributed by atoms with van der Waals surface area (Å²) >= 11 is 0. The van der Waals surface area contributed by atoms with Gasteiger partial charge in [0.25, 0.3) is 0 Å². The quantitative estimate of drug-likeness (QED) is 0.435. The Kier molecular flexibility index (Phi) is 8.98. The molecule has 2 aromatic carbocycles. The van der Waals surface area contributed by atoms with Gasteiger partial charge in [-0.1, -0.05) is 30.3 Å². The highest BCUT2D eigenvalue weighted by molar-refractivity contribution is 5.93. The fourth-order valence-corrected chi connectivity index (χ4v) is 4.49. The third-order valence-corrected chi connectivity index (χ3v) is 6.53. The van der Waals surface area contributed by atoms with Crippen molar-refractivity contribution < 1.29 is 24.2 Å². The first-order valence-electron chi connectivity index (χ1n) is 13.5. The van der Waals surface area contributed by atoms with Gasteiger partial charge in [-0.25, -0.2) is 4.79 Å². The van der Waals surface area contributed by atoms with Crippen LogP contribution >= 0.6 is 0 Å². The summed E-state index contributed by atoms with van der Waals surface area (Å²) in [6.45, 7) is 14.9. The van der Waals surface area contributed by atoms with Crippen molar-refractivity contribution in [2.24, 2.45) is 0 Å². The van der Waals surface area contributed by atoms with Crippen molar-refractivity contribution in [1.82, 2.24) is 15.5 Å². The molecule has 39 heavy (non-hydrogen) atoms. The number of carbonyl (C=O) groups is 3. The molecule has 0 spiro atoms. The van der Waals surface area contributed by atoms with Crippen molar-refractivity contribution in [3.05, 3.63) is 64.7 Å². The molecule has 0 radical (unpaired) electrons. The molecular formula is C31H43N3O5. The number of aryl methyl sites for hydroxylation is 1. The molecule has 0 aromatic heterocycles. The van der Waals surface area contributed by atoms with Crippen LogP contribution in [0.5, 0.6) is 5.75 Å². The number of alkyl carbamates (subject to hydrolysis) is 1. The number of benzene rings is 2. The number of hydrogen-bond donors (Lipinski definition) is 3. The maximum absolute atomic E-state index is 14.4. The van der Waals surface area contributed by atoms with Gasteiger partial charge in [-0.3, -0.25) is 9.59 Å². The van der Waals surface area contributed by atoms with Crippen LogP contribution in [0.1, 0.15) is 82.7 Å². The van der Waals surface area contributed by atoms with Crippen molar-refractivity contribution in [3.63, 3.8) is 0 Å². The number of aromatic hydroxyl groups is 1. The first kappa shape index (κ1) is 30.0. The van der Waals surface area contributed by atoms with Gasteiger partial charge >= 0.3 is 6.09 Å². The smallest absolute Gasteiger partial charge is 0.408 e. The monoisotopic (exact) mass is 537 g/mol. The number of nitrogens with zero attached hydrogens (tertiary/aromatic N) is 1. The molecule has 0 bridgehead atoms. The molecule has 8 nitrogen and oxygen atoms in total. The third kappa shape index (κ3) is 8.47. The van der Waals surface area contributed by atoms with E-state index in [1.165, 1.54) is 0 Å². The molecule has 0 saturated heterocycles. The Morgan fingerprint density at radius 3 is 2.15 bits per heavy atom. The van der Waals surface area contributed by atoms with Gasteiger partial charge in [0.2, 0.25) is 11.8 Å². The highest BCUT2D eigenvalue weighted by atomic mass is 16.6. The van der Waals surface area contributed by atoms with Crippen molar-refractivity contribution in [2.45, 2.75) is 104 Å². The maximum Gasteiger partial charge on any atom is 0.408 e. The number of ether oxygens (including phenoxy) is 1. The summed E-state index contributed by atoms with van der Waals surface area (Å²) in [5, 5.41) is 15.6. The minimum absolute atomic E-state index is 0.107. The minimum atomic E-state index is -0.986. The van der Waals surface area contributed by atoms with Crippen LogP contribution in [0.25, 0.3) is 0 Å². The minimum Gasteiger partial charge on any atom is -0.508 e. The number of hydrogen-bond acceptors (Lipinski definition) is 5. The lowest BCUT2D eigenvalue weighted by molar-refractivity contribution is -0.143. The van der Waals surface area contributed by atoms with Gasteiger partial charge in [-0.05, 0) is 103 Å². The first-order valence-corrected chi connectivity index (χ1v) is 13.5. The lowest BCUT2D eigenvalue weighted by Gasteiger charge is -2.37. The Hall–Kier alpha value is -3.55. The molecule has 2 unspecified atom stereocenters. The highest BCUT2D eigenvalue weighted by Gasteiger charge is 2.45. The fraction of sp³-hybridized carbons (Fsp3) is 0.516. The number of rotatable bonds is 8. The molecule has 1 fully saturated rings. The van der Waals surface area contributed by atoms with E-state index < -0.39 is 29.3 Å². The van der Waals surface area contributed by atoms with Gasteiger partial charge < -0.3 is 25.4 Å². The van der Waals surface area contributed by atoms with E-state index in [1.54, 1.807) is 49.9 Å². The summed E-state index contributed by atoms with van der Waals surface area (Å²) in [5.74, 6) is -0.515. The van der Waals surface area contributed by atoms with Gasteiger partial charge in [-0.15, -0.1) is 0 Å². The van der Waals surface area contributed by atoms with Crippen LogP contribution < -0.4 is 10.6 Å². The molecule has 0 aliphatic heterocycles. The predicted molar refractivity (Wildman–Crippen MR) is 151 cm³/mol. The Balaban J connectivity index is 2.06. The molecule has 2 atom stereocenters. The van der Waals surface area contributed by atoms with E-state index in [-0.39, 0.29) is 30.0 Å². The van der Waals surface area contributed by atoms with E-state index in [9.17, 15) is 19.5 Å².